The van der Waals surface area contributed by atoms with E-state index in [1.807, 2.05) is 25.1 Å². The van der Waals surface area contributed by atoms with E-state index in [1.54, 1.807) is 0 Å². The van der Waals surface area contributed by atoms with E-state index in [2.05, 4.69) is 41.3 Å². The van der Waals surface area contributed by atoms with Gasteiger partial charge in [-0.15, -0.1) is 5.10 Å². The van der Waals surface area contributed by atoms with Gasteiger partial charge in [-0.05, 0) is 33.0 Å². The minimum atomic E-state index is 0.693. The number of benzene rings is 1. The molecule has 0 radical (unpaired) electrons. The molecule has 4 heteroatoms. The summed E-state index contributed by atoms with van der Waals surface area (Å²) in [6, 6.07) is 10.2. The van der Waals surface area contributed by atoms with Gasteiger partial charge >= 0.3 is 0 Å². The lowest BCUT2D eigenvalue weighted by molar-refractivity contribution is 0.271. The minimum Gasteiger partial charge on any atom is -0.476 e. The van der Waals surface area contributed by atoms with E-state index < -0.39 is 0 Å². The maximum absolute atomic E-state index is 5.72. The van der Waals surface area contributed by atoms with E-state index in [4.69, 9.17) is 4.74 Å². The maximum atomic E-state index is 5.72. The first kappa shape index (κ1) is 13.6. The Kier molecular flexibility index (Phi) is 4.58. The number of ether oxygens (including phenoxy) is 1. The maximum Gasteiger partial charge on any atom is 0.236 e. The van der Waals surface area contributed by atoms with E-state index in [9.17, 15) is 0 Å². The van der Waals surface area contributed by atoms with Gasteiger partial charge in [0.05, 0.1) is 12.3 Å². The molecule has 2 rings (SSSR count). The van der Waals surface area contributed by atoms with Crippen LogP contribution in [0.4, 0.5) is 0 Å². The molecule has 0 spiro atoms. The number of rotatable bonds is 6. The van der Waals surface area contributed by atoms with Crippen molar-refractivity contribution in [2.45, 2.75) is 13.3 Å². The zero-order valence-electron chi connectivity index (χ0n) is 11.8. The summed E-state index contributed by atoms with van der Waals surface area (Å²) in [4.78, 5) is 2.15. The van der Waals surface area contributed by atoms with Crippen LogP contribution in [0.2, 0.25) is 0 Å². The highest BCUT2D eigenvalue weighted by Gasteiger charge is 2.11. The van der Waals surface area contributed by atoms with Crippen molar-refractivity contribution in [3.05, 3.63) is 35.9 Å². The van der Waals surface area contributed by atoms with Crippen molar-refractivity contribution >= 4 is 0 Å². The Balaban J connectivity index is 1.99. The first-order chi connectivity index (χ1) is 9.18. The number of H-pyrrole nitrogens is 1. The van der Waals surface area contributed by atoms with Crippen molar-refractivity contribution in [2.24, 2.45) is 0 Å². The van der Waals surface area contributed by atoms with Crippen LogP contribution >= 0.6 is 0 Å². The Morgan fingerprint density at radius 2 is 1.95 bits per heavy atom. The largest absolute Gasteiger partial charge is 0.476 e. The highest BCUT2D eigenvalue weighted by Crippen LogP contribution is 2.26. The van der Waals surface area contributed by atoms with Crippen molar-refractivity contribution in [3.63, 3.8) is 0 Å². The molecule has 0 fully saturated rings. The van der Waals surface area contributed by atoms with Crippen molar-refractivity contribution in [1.82, 2.24) is 15.1 Å². The Bertz CT molecular complexity index is 505. The fourth-order valence-corrected chi connectivity index (χ4v) is 1.96. The van der Waals surface area contributed by atoms with Crippen LogP contribution in [0.5, 0.6) is 5.88 Å². The van der Waals surface area contributed by atoms with Gasteiger partial charge in [-0.1, -0.05) is 30.3 Å². The molecule has 1 aromatic heterocycles. The van der Waals surface area contributed by atoms with Gasteiger partial charge in [0, 0.05) is 12.1 Å². The highest BCUT2D eigenvalue weighted by atomic mass is 16.5. The van der Waals surface area contributed by atoms with E-state index in [1.165, 1.54) is 0 Å². The van der Waals surface area contributed by atoms with Gasteiger partial charge in [-0.25, -0.2) is 0 Å². The third kappa shape index (κ3) is 3.58. The molecular weight excluding hydrogens is 238 g/mol. The molecule has 1 aromatic carbocycles. The molecule has 0 aliphatic rings. The molecule has 0 saturated heterocycles. The average Bonchev–Trinajstić information content (AvgIpc) is 2.77. The zero-order chi connectivity index (χ0) is 13.7. The lowest BCUT2D eigenvalue weighted by atomic mass is 10.1. The number of nitrogens with one attached hydrogen (secondary N) is 1. The fourth-order valence-electron chi connectivity index (χ4n) is 1.96. The van der Waals surface area contributed by atoms with Gasteiger partial charge in [-0.3, -0.25) is 5.10 Å². The molecule has 0 saturated carbocycles. The van der Waals surface area contributed by atoms with Crippen LogP contribution in [-0.4, -0.2) is 42.3 Å². The zero-order valence-corrected chi connectivity index (χ0v) is 11.8. The van der Waals surface area contributed by atoms with E-state index in [0.29, 0.717) is 12.5 Å². The van der Waals surface area contributed by atoms with Crippen LogP contribution in [0, 0.1) is 6.92 Å². The monoisotopic (exact) mass is 259 g/mol. The van der Waals surface area contributed by atoms with Crippen molar-refractivity contribution < 1.29 is 4.74 Å². The Hall–Kier alpha value is -1.81. The summed E-state index contributed by atoms with van der Waals surface area (Å²) in [5.74, 6) is 0.706. The predicted octanol–water partition coefficient (Wildman–Crippen LogP) is 2.72. The number of aromatic nitrogens is 2. The molecule has 4 nitrogen and oxygen atoms in total. The van der Waals surface area contributed by atoms with E-state index in [-0.39, 0.29) is 0 Å². The molecule has 102 valence electrons. The molecule has 19 heavy (non-hydrogen) atoms. The SMILES string of the molecule is Cc1c(OCCCN(C)C)n[nH]c1-c1ccccc1. The first-order valence-corrected chi connectivity index (χ1v) is 6.56. The molecule has 1 N–H and O–H groups in total. The normalized spacial score (nSPS) is 10.9. The lowest BCUT2D eigenvalue weighted by Crippen LogP contribution is -2.15. The Morgan fingerprint density at radius 3 is 2.63 bits per heavy atom. The smallest absolute Gasteiger partial charge is 0.236 e. The molecule has 0 aliphatic heterocycles. The van der Waals surface area contributed by atoms with Crippen molar-refractivity contribution in [1.29, 1.82) is 0 Å². The molecule has 2 aromatic rings. The van der Waals surface area contributed by atoms with Gasteiger partial charge in [0.25, 0.3) is 0 Å². The summed E-state index contributed by atoms with van der Waals surface area (Å²) in [6.45, 7) is 3.75. The third-order valence-electron chi connectivity index (χ3n) is 3.02. The second-order valence-corrected chi connectivity index (χ2v) is 4.90. The topological polar surface area (TPSA) is 41.1 Å². The summed E-state index contributed by atoms with van der Waals surface area (Å²) in [6.07, 6.45) is 1.000. The molecule has 1 heterocycles. The predicted molar refractivity (Wildman–Crippen MR) is 77.4 cm³/mol. The number of hydrogen-bond donors (Lipinski definition) is 1. The number of aromatic amines is 1. The molecule has 0 aliphatic carbocycles. The van der Waals surface area contributed by atoms with Crippen LogP contribution in [0.25, 0.3) is 11.3 Å². The second kappa shape index (κ2) is 6.38. The average molecular weight is 259 g/mol. The Labute approximate surface area is 114 Å². The fraction of sp³-hybridized carbons (Fsp3) is 0.400. The first-order valence-electron chi connectivity index (χ1n) is 6.56. The Morgan fingerprint density at radius 1 is 1.21 bits per heavy atom. The summed E-state index contributed by atoms with van der Waals surface area (Å²) in [5.41, 5.74) is 3.23. The third-order valence-corrected chi connectivity index (χ3v) is 3.02. The van der Waals surface area contributed by atoms with Crippen LogP contribution in [0.1, 0.15) is 12.0 Å². The van der Waals surface area contributed by atoms with Gasteiger partial charge in [0.15, 0.2) is 0 Å². The highest BCUT2D eigenvalue weighted by molar-refractivity contribution is 5.64. The summed E-state index contributed by atoms with van der Waals surface area (Å²) >= 11 is 0. The number of hydrogen-bond acceptors (Lipinski definition) is 3. The number of nitrogens with zero attached hydrogens (tertiary/aromatic N) is 2. The van der Waals surface area contributed by atoms with Crippen molar-refractivity contribution in [3.8, 4) is 17.1 Å². The van der Waals surface area contributed by atoms with Crippen LogP contribution < -0.4 is 4.74 Å². The van der Waals surface area contributed by atoms with E-state index >= 15 is 0 Å². The van der Waals surface area contributed by atoms with Gasteiger partial charge in [0.1, 0.15) is 0 Å². The molecule has 0 unspecified atom stereocenters. The second-order valence-electron chi connectivity index (χ2n) is 4.90. The molecule has 0 atom stereocenters. The van der Waals surface area contributed by atoms with Crippen LogP contribution in [0.3, 0.4) is 0 Å². The lowest BCUT2D eigenvalue weighted by Gasteiger charge is -2.09. The van der Waals surface area contributed by atoms with Gasteiger partial charge < -0.3 is 9.64 Å². The molecule has 0 amide bonds. The van der Waals surface area contributed by atoms with E-state index in [0.717, 1.165) is 29.8 Å². The quantitative estimate of drug-likeness (QED) is 0.811. The van der Waals surface area contributed by atoms with Gasteiger partial charge in [-0.2, -0.15) is 0 Å². The summed E-state index contributed by atoms with van der Waals surface area (Å²) < 4.78 is 5.72. The minimum absolute atomic E-state index is 0.693. The van der Waals surface area contributed by atoms with Crippen LogP contribution in [0.15, 0.2) is 30.3 Å². The molecule has 0 bridgehead atoms. The van der Waals surface area contributed by atoms with Crippen molar-refractivity contribution in [2.75, 3.05) is 27.2 Å². The standard InChI is InChI=1S/C15H21N3O/c1-12-14(13-8-5-4-6-9-13)16-17-15(12)19-11-7-10-18(2)3/h4-6,8-9H,7,10-11H2,1-3H3,(H,16,17). The summed E-state index contributed by atoms with van der Waals surface area (Å²) in [5, 5.41) is 7.30. The summed E-state index contributed by atoms with van der Waals surface area (Å²) in [7, 11) is 4.13. The molecular formula is C15H21N3O. The van der Waals surface area contributed by atoms with Crippen LogP contribution in [-0.2, 0) is 0 Å². The van der Waals surface area contributed by atoms with Gasteiger partial charge in [0.2, 0.25) is 5.88 Å².